The third-order valence-corrected chi connectivity index (χ3v) is 11.6. The van der Waals surface area contributed by atoms with Gasteiger partial charge in [0.05, 0.1) is 11.0 Å². The van der Waals surface area contributed by atoms with Crippen molar-refractivity contribution in [3.05, 3.63) is 95.3 Å². The largest absolute Gasteiger partial charge is 0.480 e. The maximum atomic E-state index is 13.3. The van der Waals surface area contributed by atoms with E-state index < -0.39 is 17.3 Å². The first-order valence-corrected chi connectivity index (χ1v) is 20.3. The third-order valence-electron chi connectivity index (χ3n) is 10.3. The van der Waals surface area contributed by atoms with E-state index in [1.54, 1.807) is 17.3 Å². The Morgan fingerprint density at radius 3 is 2.39 bits per heavy atom. The van der Waals surface area contributed by atoms with Gasteiger partial charge in [-0.05, 0) is 66.1 Å². The molecule has 3 aliphatic rings. The Balaban J connectivity index is 0.930. The Bertz CT molecular complexity index is 1950. The molecule has 1 saturated heterocycles. The number of nitrogens with one attached hydrogen (secondary N) is 2. The number of hydrogen-bond acceptors (Lipinski definition) is 10. The van der Waals surface area contributed by atoms with E-state index in [0.717, 1.165) is 39.7 Å². The number of aromatic nitrogens is 1. The van der Waals surface area contributed by atoms with E-state index in [2.05, 4.69) is 15.6 Å². The van der Waals surface area contributed by atoms with Crippen LogP contribution in [0.3, 0.4) is 0 Å². The highest BCUT2D eigenvalue weighted by atomic mass is 32.2. The van der Waals surface area contributed by atoms with Gasteiger partial charge in [0.15, 0.2) is 0 Å². The predicted molar refractivity (Wildman–Crippen MR) is 215 cm³/mol. The molecule has 2 unspecified atom stereocenters. The molecule has 57 heavy (non-hydrogen) atoms. The van der Waals surface area contributed by atoms with Crippen molar-refractivity contribution in [2.24, 2.45) is 10.8 Å². The summed E-state index contributed by atoms with van der Waals surface area (Å²) in [6, 6.07) is 18.0. The number of imide groups is 1. The highest BCUT2D eigenvalue weighted by Gasteiger charge is 2.39. The zero-order valence-electron chi connectivity index (χ0n) is 31.7. The van der Waals surface area contributed by atoms with Crippen molar-refractivity contribution in [3.63, 3.8) is 0 Å². The van der Waals surface area contributed by atoms with Crippen molar-refractivity contribution in [2.75, 3.05) is 30.7 Å². The van der Waals surface area contributed by atoms with Crippen molar-refractivity contribution in [1.29, 1.82) is 0 Å². The zero-order valence-corrected chi connectivity index (χ0v) is 32.5. The minimum absolute atomic E-state index is 0.0380. The Labute approximate surface area is 335 Å². The zero-order chi connectivity index (χ0) is 40.3. The lowest BCUT2D eigenvalue weighted by Gasteiger charge is -2.30. The Hall–Kier alpha value is -5.61. The van der Waals surface area contributed by atoms with Gasteiger partial charge in [-0.15, -0.1) is 11.8 Å². The number of pyridine rings is 1. The van der Waals surface area contributed by atoms with Crippen molar-refractivity contribution in [3.8, 4) is 0 Å². The number of carboxylic acid groups (broad SMARTS) is 1. The molecule has 5 N–H and O–H groups in total. The Kier molecular flexibility index (Phi) is 14.0. The van der Waals surface area contributed by atoms with E-state index in [0.29, 0.717) is 70.4 Å². The van der Waals surface area contributed by atoms with E-state index in [9.17, 15) is 28.8 Å². The highest BCUT2D eigenvalue weighted by Crippen LogP contribution is 2.31. The molecule has 1 aromatic heterocycles. The van der Waals surface area contributed by atoms with E-state index in [1.807, 2.05) is 60.7 Å². The molecular weight excluding hydrogens is 749 g/mol. The van der Waals surface area contributed by atoms with Gasteiger partial charge in [0, 0.05) is 81.7 Å². The molecule has 4 heterocycles. The average molecular weight is 797 g/mol. The van der Waals surface area contributed by atoms with Gasteiger partial charge in [0.25, 0.3) is 0 Å². The van der Waals surface area contributed by atoms with Crippen LogP contribution in [-0.4, -0.2) is 103 Å². The number of carbonyl (C=O) groups excluding carboxylic acids is 5. The predicted octanol–water partition coefficient (Wildman–Crippen LogP) is 4.08. The topological polar surface area (TPSA) is 208 Å². The highest BCUT2D eigenvalue weighted by molar-refractivity contribution is 8.00. The maximum absolute atomic E-state index is 13.3. The molecule has 0 saturated carbocycles. The van der Waals surface area contributed by atoms with Gasteiger partial charge in [-0.2, -0.15) is 5.10 Å². The number of aliphatic carboxylic acids is 1. The fourth-order valence-corrected chi connectivity index (χ4v) is 8.17. The molecular formula is C41H48N8O7S. The fraction of sp³-hybridized carbons (Fsp3) is 0.415. The second-order valence-corrected chi connectivity index (χ2v) is 15.6. The summed E-state index contributed by atoms with van der Waals surface area (Å²) in [6.45, 7) is 2.17. The second kappa shape index (κ2) is 19.5. The van der Waals surface area contributed by atoms with Gasteiger partial charge in [-0.25, -0.2) is 9.80 Å². The summed E-state index contributed by atoms with van der Waals surface area (Å²) in [7, 11) is 0. The first-order valence-electron chi connectivity index (χ1n) is 19.3. The van der Waals surface area contributed by atoms with Gasteiger partial charge in [-0.3, -0.25) is 33.9 Å². The van der Waals surface area contributed by atoms with Gasteiger partial charge in [0.2, 0.25) is 23.6 Å². The standard InChI is InChI=1S/C41H48N8O7S/c42-33(40(54)55)26-57-34-22-36(51)48(39(34)53)19-7-2-5-11-35(50)44-17-6-8-20-49-37(52)21-32(27-9-3-1-4-10-27)38(46-49)28-12-14-31(15-13-28)45-41(56)47-24-29-16-18-43-23-30(29)25-47/h1,3-4,9-10,12-16,18,23,32-34H,2,5-8,11,17,19-22,24-26,42H2,(H,44,50)(H,45,56)(H,54,55)/t32?,33-,34?/m0/s1. The maximum Gasteiger partial charge on any atom is 0.322 e. The third kappa shape index (κ3) is 10.8. The van der Waals surface area contributed by atoms with E-state index in [-0.39, 0.29) is 60.7 Å². The number of fused-ring (bicyclic) bond motifs is 1. The molecule has 2 aromatic carbocycles. The summed E-state index contributed by atoms with van der Waals surface area (Å²) in [5, 5.41) is 20.6. The van der Waals surface area contributed by atoms with Gasteiger partial charge >= 0.3 is 12.0 Å². The number of carboxylic acids is 1. The van der Waals surface area contributed by atoms with Gasteiger partial charge < -0.3 is 26.4 Å². The first kappa shape index (κ1) is 41.0. The molecule has 3 atom stereocenters. The van der Waals surface area contributed by atoms with Crippen molar-refractivity contribution in [1.82, 2.24) is 25.1 Å². The smallest absolute Gasteiger partial charge is 0.322 e. The number of rotatable bonds is 18. The number of likely N-dealkylation sites (tertiary alicyclic amines) is 1. The van der Waals surface area contributed by atoms with E-state index >= 15 is 0 Å². The van der Waals surface area contributed by atoms with Crippen molar-refractivity contribution >= 4 is 58.8 Å². The second-order valence-electron chi connectivity index (χ2n) is 14.4. The Morgan fingerprint density at radius 1 is 0.877 bits per heavy atom. The lowest BCUT2D eigenvalue weighted by atomic mass is 9.86. The lowest BCUT2D eigenvalue weighted by Crippen LogP contribution is -2.37. The monoisotopic (exact) mass is 796 g/mol. The molecule has 0 bridgehead atoms. The molecule has 15 nitrogen and oxygen atoms in total. The van der Waals surface area contributed by atoms with E-state index in [1.165, 1.54) is 9.91 Å². The fourth-order valence-electron chi connectivity index (χ4n) is 7.06. The van der Waals surface area contributed by atoms with Crippen LogP contribution < -0.4 is 16.4 Å². The molecule has 6 amide bonds. The van der Waals surface area contributed by atoms with E-state index in [4.69, 9.17) is 15.9 Å². The normalized spacial score (nSPS) is 18.4. The molecule has 300 valence electrons. The van der Waals surface area contributed by atoms with Crippen LogP contribution >= 0.6 is 11.8 Å². The molecule has 0 spiro atoms. The Morgan fingerprint density at radius 2 is 1.63 bits per heavy atom. The van der Waals surface area contributed by atoms with Gasteiger partial charge in [0.1, 0.15) is 6.04 Å². The summed E-state index contributed by atoms with van der Waals surface area (Å²) in [5.74, 6) is -2.08. The number of thioether (sulfide) groups is 1. The summed E-state index contributed by atoms with van der Waals surface area (Å²) in [4.78, 5) is 81.8. The first-order chi connectivity index (χ1) is 27.6. The van der Waals surface area contributed by atoms with Crippen LogP contribution in [0.4, 0.5) is 10.5 Å². The number of nitrogens with zero attached hydrogens (tertiary/aromatic N) is 5. The average Bonchev–Trinajstić information content (AvgIpc) is 3.77. The van der Waals surface area contributed by atoms with Crippen molar-refractivity contribution < 1.29 is 33.9 Å². The summed E-state index contributed by atoms with van der Waals surface area (Å²) < 4.78 is 0. The minimum atomic E-state index is -1.15. The summed E-state index contributed by atoms with van der Waals surface area (Å²) in [5.41, 5.74) is 10.9. The van der Waals surface area contributed by atoms with Crippen LogP contribution in [-0.2, 0) is 37.1 Å². The van der Waals surface area contributed by atoms with Crippen LogP contribution in [0.5, 0.6) is 0 Å². The quantitative estimate of drug-likeness (QED) is 0.107. The molecule has 16 heteroatoms. The number of hydrazone groups is 1. The number of carbonyl (C=O) groups is 6. The summed E-state index contributed by atoms with van der Waals surface area (Å²) in [6.07, 6.45) is 7.29. The lowest BCUT2D eigenvalue weighted by molar-refractivity contribution is -0.139. The van der Waals surface area contributed by atoms with Gasteiger partial charge in [-0.1, -0.05) is 48.9 Å². The molecule has 3 aromatic rings. The number of amides is 6. The molecule has 3 aliphatic heterocycles. The molecule has 1 fully saturated rings. The summed E-state index contributed by atoms with van der Waals surface area (Å²) >= 11 is 1.10. The number of urea groups is 1. The van der Waals surface area contributed by atoms with Crippen LogP contribution in [0, 0.1) is 0 Å². The SMILES string of the molecule is N[C@@H](CSC1CC(=O)N(CCCCCC(=O)NCCCCN2N=C(c3ccc(NC(=O)N4Cc5ccncc5C4)cc3)C(c3ccccc3)CC2=O)C1=O)C(=O)O. The molecule has 0 radical (unpaired) electrons. The van der Waals surface area contributed by atoms with Crippen LogP contribution in [0.25, 0.3) is 0 Å². The number of hydrogen-bond donors (Lipinski definition) is 4. The van der Waals surface area contributed by atoms with Crippen molar-refractivity contribution in [2.45, 2.75) is 81.7 Å². The number of anilines is 1. The number of unbranched alkanes of at least 4 members (excludes halogenated alkanes) is 3. The number of benzene rings is 2. The molecule has 0 aliphatic carbocycles. The molecule has 6 rings (SSSR count). The van der Waals surface area contributed by atoms with Crippen LogP contribution in [0.15, 0.2) is 78.2 Å². The van der Waals surface area contributed by atoms with Crippen LogP contribution in [0.2, 0.25) is 0 Å². The minimum Gasteiger partial charge on any atom is -0.480 e. The number of nitrogens with two attached hydrogens (primary N) is 1. The van der Waals surface area contributed by atoms with Crippen LogP contribution in [0.1, 0.15) is 79.5 Å².